The van der Waals surface area contributed by atoms with Crippen molar-refractivity contribution in [2.24, 2.45) is 5.92 Å². The van der Waals surface area contributed by atoms with Crippen molar-refractivity contribution in [3.8, 4) is 5.75 Å². The summed E-state index contributed by atoms with van der Waals surface area (Å²) in [5, 5.41) is 3.43. The highest BCUT2D eigenvalue weighted by atomic mass is 16.5. The molecule has 1 aliphatic carbocycles. The summed E-state index contributed by atoms with van der Waals surface area (Å²) in [7, 11) is 1.68. The van der Waals surface area contributed by atoms with E-state index >= 15 is 0 Å². The summed E-state index contributed by atoms with van der Waals surface area (Å²) in [6.45, 7) is 1.13. The molecule has 1 N–H and O–H groups in total. The fraction of sp³-hybridized carbons (Fsp3) is 0.417. The van der Waals surface area contributed by atoms with Crippen molar-refractivity contribution in [2.75, 3.05) is 13.7 Å². The fourth-order valence-corrected chi connectivity index (χ4v) is 2.30. The quantitative estimate of drug-likeness (QED) is 0.788. The first-order valence-corrected chi connectivity index (χ1v) is 5.30. The zero-order valence-corrected chi connectivity index (χ0v) is 8.73. The van der Waals surface area contributed by atoms with Gasteiger partial charge in [-0.3, -0.25) is 4.98 Å². The van der Waals surface area contributed by atoms with E-state index in [1.54, 1.807) is 13.3 Å². The van der Waals surface area contributed by atoms with E-state index in [4.69, 9.17) is 4.74 Å². The van der Waals surface area contributed by atoms with E-state index in [2.05, 4.69) is 22.4 Å². The number of fused-ring (bicyclic) bond motifs is 1. The van der Waals surface area contributed by atoms with Gasteiger partial charge in [-0.2, -0.15) is 0 Å². The maximum Gasteiger partial charge on any atom is 0.137 e. The van der Waals surface area contributed by atoms with Crippen LogP contribution in [0.15, 0.2) is 24.5 Å². The average Bonchev–Trinajstić information content (AvgIpc) is 2.55. The maximum absolute atomic E-state index is 5.18. The molecule has 15 heavy (non-hydrogen) atoms. The number of nitrogens with one attached hydrogen (secondary N) is 1. The Hall–Kier alpha value is -1.35. The third-order valence-corrected chi connectivity index (χ3v) is 3.31. The molecule has 0 bridgehead atoms. The Morgan fingerprint density at radius 3 is 3.00 bits per heavy atom. The summed E-state index contributed by atoms with van der Waals surface area (Å²) in [6, 6.07) is 2.73. The number of pyridine rings is 1. The molecule has 2 atom stereocenters. The Labute approximate surface area is 89.2 Å². The van der Waals surface area contributed by atoms with Crippen LogP contribution in [0.5, 0.6) is 5.75 Å². The molecular weight excluding hydrogens is 188 g/mol. The summed E-state index contributed by atoms with van der Waals surface area (Å²) in [4.78, 5) is 4.18. The Morgan fingerprint density at radius 1 is 1.47 bits per heavy atom. The molecule has 3 rings (SSSR count). The average molecular weight is 202 g/mol. The van der Waals surface area contributed by atoms with E-state index in [0.29, 0.717) is 6.04 Å². The lowest BCUT2D eigenvalue weighted by atomic mass is 9.95. The van der Waals surface area contributed by atoms with Crippen molar-refractivity contribution >= 4 is 5.57 Å². The predicted octanol–water partition coefficient (Wildman–Crippen LogP) is 1.47. The van der Waals surface area contributed by atoms with Crippen molar-refractivity contribution in [1.29, 1.82) is 0 Å². The predicted molar refractivity (Wildman–Crippen MR) is 58.7 cm³/mol. The van der Waals surface area contributed by atoms with E-state index in [-0.39, 0.29) is 0 Å². The molecule has 0 aromatic carbocycles. The van der Waals surface area contributed by atoms with E-state index < -0.39 is 0 Å². The normalized spacial score (nSPS) is 27.9. The fourth-order valence-electron chi connectivity index (χ4n) is 2.30. The molecule has 1 fully saturated rings. The van der Waals surface area contributed by atoms with Gasteiger partial charge in [-0.25, -0.2) is 0 Å². The van der Waals surface area contributed by atoms with Crippen LogP contribution in [0.25, 0.3) is 5.57 Å². The van der Waals surface area contributed by atoms with Crippen LogP contribution in [-0.2, 0) is 0 Å². The van der Waals surface area contributed by atoms with Gasteiger partial charge in [0.2, 0.25) is 0 Å². The molecule has 0 radical (unpaired) electrons. The molecule has 3 heteroatoms. The zero-order chi connectivity index (χ0) is 10.3. The third-order valence-electron chi connectivity index (χ3n) is 3.31. The minimum atomic E-state index is 0.672. The highest BCUT2D eigenvalue weighted by molar-refractivity contribution is 5.69. The lowest BCUT2D eigenvalue weighted by molar-refractivity contribution is 0.306. The number of nitrogens with zero attached hydrogens (tertiary/aromatic N) is 1. The Kier molecular flexibility index (Phi) is 1.99. The van der Waals surface area contributed by atoms with Gasteiger partial charge >= 0.3 is 0 Å². The SMILES string of the molecule is COc1cncc(C2=C[C@H]3CN[C@H]3C2)c1. The molecule has 0 saturated carbocycles. The van der Waals surface area contributed by atoms with Crippen LogP contribution in [0.1, 0.15) is 12.0 Å². The van der Waals surface area contributed by atoms with Gasteiger partial charge in [0.25, 0.3) is 0 Å². The first kappa shape index (κ1) is 8.92. The number of methoxy groups -OCH3 is 1. The van der Waals surface area contributed by atoms with Crippen molar-refractivity contribution in [3.63, 3.8) is 0 Å². The van der Waals surface area contributed by atoms with Crippen molar-refractivity contribution in [1.82, 2.24) is 10.3 Å². The standard InChI is InChI=1S/C12H14N2O/c1-15-11-3-9(5-13-7-11)8-2-10-6-14-12(10)4-8/h2-3,5,7,10,12,14H,4,6H2,1H3/t10-,12-/m0/s1. The molecule has 2 heterocycles. The topological polar surface area (TPSA) is 34.1 Å². The third kappa shape index (κ3) is 1.43. The van der Waals surface area contributed by atoms with E-state index in [0.717, 1.165) is 24.6 Å². The molecular formula is C12H14N2O. The molecule has 1 aromatic heterocycles. The summed E-state index contributed by atoms with van der Waals surface area (Å²) in [5.41, 5.74) is 2.60. The first-order valence-electron chi connectivity index (χ1n) is 5.30. The van der Waals surface area contributed by atoms with Gasteiger partial charge in [-0.1, -0.05) is 6.08 Å². The number of hydrogen-bond donors (Lipinski definition) is 1. The highest BCUT2D eigenvalue weighted by Crippen LogP contribution is 2.36. The summed E-state index contributed by atoms with van der Waals surface area (Å²) < 4.78 is 5.18. The van der Waals surface area contributed by atoms with Crippen molar-refractivity contribution < 1.29 is 4.74 Å². The molecule has 0 amide bonds. The Balaban J connectivity index is 1.89. The van der Waals surface area contributed by atoms with E-state index in [1.807, 2.05) is 6.20 Å². The maximum atomic E-state index is 5.18. The van der Waals surface area contributed by atoms with Gasteiger partial charge in [-0.05, 0) is 23.6 Å². The molecule has 3 nitrogen and oxygen atoms in total. The molecule has 1 saturated heterocycles. The van der Waals surface area contributed by atoms with Gasteiger partial charge in [-0.15, -0.1) is 0 Å². The van der Waals surface area contributed by atoms with E-state index in [1.165, 1.54) is 11.1 Å². The molecule has 1 aromatic rings. The van der Waals surface area contributed by atoms with Crippen LogP contribution in [0.3, 0.4) is 0 Å². The van der Waals surface area contributed by atoms with Crippen molar-refractivity contribution in [2.45, 2.75) is 12.5 Å². The van der Waals surface area contributed by atoms with Gasteiger partial charge in [0.1, 0.15) is 5.75 Å². The largest absolute Gasteiger partial charge is 0.495 e. The van der Waals surface area contributed by atoms with E-state index in [9.17, 15) is 0 Å². The van der Waals surface area contributed by atoms with Gasteiger partial charge in [0.15, 0.2) is 0 Å². The molecule has 0 spiro atoms. The number of ether oxygens (including phenoxy) is 1. The van der Waals surface area contributed by atoms with Crippen molar-refractivity contribution in [3.05, 3.63) is 30.1 Å². The monoisotopic (exact) mass is 202 g/mol. The number of aromatic nitrogens is 1. The van der Waals surface area contributed by atoms with Crippen LogP contribution < -0.4 is 10.1 Å². The molecule has 1 aliphatic heterocycles. The van der Waals surface area contributed by atoms with Crippen LogP contribution in [-0.4, -0.2) is 24.7 Å². The highest BCUT2D eigenvalue weighted by Gasteiger charge is 2.34. The second-order valence-corrected chi connectivity index (χ2v) is 4.19. The van der Waals surface area contributed by atoms with Gasteiger partial charge < -0.3 is 10.1 Å². The lowest BCUT2D eigenvalue weighted by Gasteiger charge is -2.31. The van der Waals surface area contributed by atoms with Gasteiger partial charge in [0.05, 0.1) is 13.3 Å². The molecule has 78 valence electrons. The first-order chi connectivity index (χ1) is 7.36. The van der Waals surface area contributed by atoms with Crippen LogP contribution in [0.4, 0.5) is 0 Å². The molecule has 0 unspecified atom stereocenters. The minimum absolute atomic E-state index is 0.672. The zero-order valence-electron chi connectivity index (χ0n) is 8.73. The van der Waals surface area contributed by atoms with Crippen LogP contribution in [0.2, 0.25) is 0 Å². The number of rotatable bonds is 2. The van der Waals surface area contributed by atoms with Gasteiger partial charge in [0, 0.05) is 24.7 Å². The second kappa shape index (κ2) is 3.35. The Bertz CT molecular complexity index is 414. The summed E-state index contributed by atoms with van der Waals surface area (Å²) in [5.74, 6) is 1.58. The van der Waals surface area contributed by atoms with Crippen LogP contribution in [0, 0.1) is 5.92 Å². The van der Waals surface area contributed by atoms with Crippen LogP contribution >= 0.6 is 0 Å². The summed E-state index contributed by atoms with van der Waals surface area (Å²) in [6.07, 6.45) is 7.15. The Morgan fingerprint density at radius 2 is 2.40 bits per heavy atom. The lowest BCUT2D eigenvalue weighted by Crippen LogP contribution is -2.49. The second-order valence-electron chi connectivity index (χ2n) is 4.19. The number of hydrogen-bond acceptors (Lipinski definition) is 3. The minimum Gasteiger partial charge on any atom is -0.495 e. The summed E-state index contributed by atoms with van der Waals surface area (Å²) >= 11 is 0. The smallest absolute Gasteiger partial charge is 0.137 e. The molecule has 2 aliphatic rings.